The number of hydrogen-bond donors (Lipinski definition) is 3. The highest BCUT2D eigenvalue weighted by atomic mass is 19.3. The lowest BCUT2D eigenvalue weighted by atomic mass is 10.3. The number of anilines is 1. The van der Waals surface area contributed by atoms with E-state index in [9.17, 15) is 27.2 Å². The van der Waals surface area contributed by atoms with Crippen molar-refractivity contribution in [3.8, 4) is 17.1 Å². The van der Waals surface area contributed by atoms with Crippen LogP contribution < -0.4 is 27.0 Å². The highest BCUT2D eigenvalue weighted by molar-refractivity contribution is 5.88. The van der Waals surface area contributed by atoms with E-state index in [4.69, 9.17) is 10.6 Å². The lowest BCUT2D eigenvalue weighted by Crippen LogP contribution is -2.34. The van der Waals surface area contributed by atoms with Crippen LogP contribution in [0.4, 0.5) is 28.0 Å². The van der Waals surface area contributed by atoms with E-state index in [1.807, 2.05) is 5.43 Å². The molecule has 0 spiro atoms. The van der Waals surface area contributed by atoms with Gasteiger partial charge in [-0.15, -0.1) is 0 Å². The second kappa shape index (κ2) is 8.87. The average molecular weight is 440 g/mol. The second-order valence-electron chi connectivity index (χ2n) is 6.18. The van der Waals surface area contributed by atoms with Crippen molar-refractivity contribution in [3.63, 3.8) is 0 Å². The van der Waals surface area contributed by atoms with Gasteiger partial charge in [-0.05, 0) is 48.5 Å². The molecular weight excluding hydrogens is 424 g/mol. The molecule has 0 unspecified atom stereocenters. The van der Waals surface area contributed by atoms with Gasteiger partial charge in [0, 0.05) is 5.69 Å². The van der Waals surface area contributed by atoms with Gasteiger partial charge in [-0.2, -0.15) is 18.6 Å². The number of benzene rings is 2. The second-order valence-corrected chi connectivity index (χ2v) is 6.18. The van der Waals surface area contributed by atoms with Crippen molar-refractivity contribution in [1.82, 2.24) is 19.8 Å². The number of urea groups is 1. The lowest BCUT2D eigenvalue weighted by molar-refractivity contribution is -0.148. The van der Waals surface area contributed by atoms with Crippen LogP contribution in [0.15, 0.2) is 59.7 Å². The molecule has 0 radical (unpaired) electrons. The summed E-state index contributed by atoms with van der Waals surface area (Å²) in [6, 6.07) is 10.9. The van der Waals surface area contributed by atoms with Crippen molar-refractivity contribution in [1.29, 1.82) is 0 Å². The Morgan fingerprint density at radius 1 is 1.10 bits per heavy atom. The van der Waals surface area contributed by atoms with Crippen LogP contribution in [-0.4, -0.2) is 39.3 Å². The Labute approximate surface area is 172 Å². The van der Waals surface area contributed by atoms with E-state index in [1.54, 1.807) is 12.1 Å². The van der Waals surface area contributed by atoms with Crippen molar-refractivity contribution in [2.45, 2.75) is 12.3 Å². The molecule has 0 saturated carbocycles. The van der Waals surface area contributed by atoms with Gasteiger partial charge in [-0.25, -0.2) is 28.8 Å². The van der Waals surface area contributed by atoms with Gasteiger partial charge in [0.15, 0.2) is 6.61 Å². The van der Waals surface area contributed by atoms with Crippen LogP contribution in [0.25, 0.3) is 11.4 Å². The van der Waals surface area contributed by atoms with Gasteiger partial charge >= 0.3 is 24.1 Å². The number of amides is 2. The zero-order valence-corrected chi connectivity index (χ0v) is 15.6. The van der Waals surface area contributed by atoms with Gasteiger partial charge in [0.25, 0.3) is 0 Å². The molecule has 31 heavy (non-hydrogen) atoms. The van der Waals surface area contributed by atoms with E-state index in [1.165, 1.54) is 47.3 Å². The minimum atomic E-state index is -4.27. The third-order valence-electron chi connectivity index (χ3n) is 4.04. The van der Waals surface area contributed by atoms with Crippen LogP contribution in [-0.2, 0) is 0 Å². The topological polar surface area (TPSA) is 116 Å². The Kier molecular flexibility index (Phi) is 6.25. The largest absolute Gasteiger partial charge is 0.487 e. The molecule has 3 aromatic rings. The summed E-state index contributed by atoms with van der Waals surface area (Å²) in [7, 11) is 0. The summed E-state index contributed by atoms with van der Waals surface area (Å²) in [4.78, 5) is 23.8. The summed E-state index contributed by atoms with van der Waals surface area (Å²) in [5.74, 6) is 0.655. The molecular formula is C18H16F4N6O3. The minimum absolute atomic E-state index is 0.0610. The van der Waals surface area contributed by atoms with E-state index in [2.05, 4.69) is 10.4 Å². The van der Waals surface area contributed by atoms with E-state index in [0.717, 1.165) is 4.68 Å². The highest BCUT2D eigenvalue weighted by Gasteiger charge is 2.41. The molecule has 3 rings (SSSR count). The highest BCUT2D eigenvalue weighted by Crippen LogP contribution is 2.24. The zero-order valence-electron chi connectivity index (χ0n) is 15.6. The number of aromatic nitrogens is 3. The third kappa shape index (κ3) is 5.01. The first-order chi connectivity index (χ1) is 14.7. The molecule has 164 valence electrons. The van der Waals surface area contributed by atoms with Gasteiger partial charge in [0.2, 0.25) is 0 Å². The van der Waals surface area contributed by atoms with Crippen molar-refractivity contribution in [2.75, 3.05) is 11.9 Å². The number of hydrazine groups is 1. The van der Waals surface area contributed by atoms with Crippen LogP contribution in [0.5, 0.6) is 5.75 Å². The lowest BCUT2D eigenvalue weighted by Gasteiger charge is -2.16. The first-order valence-electron chi connectivity index (χ1n) is 8.65. The molecule has 1 aromatic heterocycles. The smallest absolute Gasteiger partial charge is 0.355 e. The van der Waals surface area contributed by atoms with Gasteiger partial charge in [-0.1, -0.05) is 0 Å². The Morgan fingerprint density at radius 3 is 2.29 bits per heavy atom. The Bertz CT molecular complexity index is 1100. The summed E-state index contributed by atoms with van der Waals surface area (Å²) >= 11 is 0. The summed E-state index contributed by atoms with van der Waals surface area (Å²) < 4.78 is 57.2. The van der Waals surface area contributed by atoms with Crippen LogP contribution in [0.3, 0.4) is 0 Å². The maximum Gasteiger partial charge on any atom is 0.355 e. The van der Waals surface area contributed by atoms with Crippen molar-refractivity contribution in [2.24, 2.45) is 5.84 Å². The fraction of sp³-hybridized carbons (Fsp3) is 0.167. The van der Waals surface area contributed by atoms with Gasteiger partial charge < -0.3 is 10.1 Å². The molecule has 0 saturated heterocycles. The van der Waals surface area contributed by atoms with Crippen molar-refractivity contribution in [3.05, 3.63) is 65.3 Å². The number of rotatable bonds is 7. The normalized spacial score (nSPS) is 11.4. The molecule has 0 bridgehead atoms. The Morgan fingerprint density at radius 2 is 1.71 bits per heavy atom. The van der Waals surface area contributed by atoms with Gasteiger partial charge in [-0.3, -0.25) is 5.43 Å². The molecule has 2 amide bonds. The number of carbonyl (C=O) groups excluding carboxylic acids is 1. The molecule has 0 aliphatic rings. The molecule has 9 nitrogen and oxygen atoms in total. The van der Waals surface area contributed by atoms with Crippen LogP contribution in [0, 0.1) is 0 Å². The first-order valence-corrected chi connectivity index (χ1v) is 8.65. The molecule has 1 heterocycles. The fourth-order valence-electron chi connectivity index (χ4n) is 2.46. The maximum atomic E-state index is 12.9. The standard InChI is InChI=1S/C18H16F4N6O3/c19-15(20)18(21,22)9-31-14-7-5-12(6-8-14)27-10-24-28(17(27)30)13-3-1-11(2-4-13)25-16(29)26-23/h1-8,10,15H,9,23H2,(H2,25,26,29). The molecule has 0 aliphatic heterocycles. The number of halogens is 4. The molecule has 0 fully saturated rings. The zero-order chi connectivity index (χ0) is 22.6. The molecule has 0 aliphatic carbocycles. The SMILES string of the molecule is NNC(=O)Nc1ccc(-n2ncn(-c3ccc(OCC(F)(F)C(F)F)cc3)c2=O)cc1. The molecule has 2 aromatic carbocycles. The quantitative estimate of drug-likeness (QED) is 0.226. The first kappa shape index (κ1) is 21.8. The predicted octanol–water partition coefficient (Wildman–Crippen LogP) is 2.30. The van der Waals surface area contributed by atoms with E-state index < -0.39 is 30.7 Å². The number of nitrogens with two attached hydrogens (primary N) is 1. The average Bonchev–Trinajstić information content (AvgIpc) is 3.14. The molecule has 0 atom stereocenters. The maximum absolute atomic E-state index is 12.9. The van der Waals surface area contributed by atoms with Crippen molar-refractivity contribution >= 4 is 11.7 Å². The Hall–Kier alpha value is -3.87. The number of ether oxygens (including phenoxy) is 1. The number of nitrogens with one attached hydrogen (secondary N) is 2. The predicted molar refractivity (Wildman–Crippen MR) is 102 cm³/mol. The van der Waals surface area contributed by atoms with Crippen molar-refractivity contribution < 1.29 is 27.1 Å². The number of nitrogens with zero attached hydrogens (tertiary/aromatic N) is 3. The molecule has 13 heteroatoms. The third-order valence-corrected chi connectivity index (χ3v) is 4.04. The van der Waals surface area contributed by atoms with Gasteiger partial charge in [0.05, 0.1) is 11.4 Å². The summed E-state index contributed by atoms with van der Waals surface area (Å²) in [6.45, 7) is -1.47. The van der Waals surface area contributed by atoms with Crippen LogP contribution in [0.2, 0.25) is 0 Å². The summed E-state index contributed by atoms with van der Waals surface area (Å²) in [5, 5.41) is 6.47. The minimum Gasteiger partial charge on any atom is -0.487 e. The fourth-order valence-corrected chi connectivity index (χ4v) is 2.46. The summed E-state index contributed by atoms with van der Waals surface area (Å²) in [6.07, 6.45) is -2.59. The van der Waals surface area contributed by atoms with E-state index in [0.29, 0.717) is 17.1 Å². The number of alkyl halides is 4. The monoisotopic (exact) mass is 440 g/mol. The summed E-state index contributed by atoms with van der Waals surface area (Å²) in [5.41, 5.74) is 2.58. The number of carbonyl (C=O) groups is 1. The van der Waals surface area contributed by atoms with Crippen LogP contribution >= 0.6 is 0 Å². The van der Waals surface area contributed by atoms with Crippen LogP contribution in [0.1, 0.15) is 0 Å². The number of hydrogen-bond acceptors (Lipinski definition) is 5. The van der Waals surface area contributed by atoms with E-state index >= 15 is 0 Å². The Balaban J connectivity index is 1.74. The molecule has 4 N–H and O–H groups in total. The van der Waals surface area contributed by atoms with Gasteiger partial charge in [0.1, 0.15) is 12.1 Å². The van der Waals surface area contributed by atoms with E-state index in [-0.39, 0.29) is 5.75 Å².